The summed E-state index contributed by atoms with van der Waals surface area (Å²) in [5, 5.41) is 3.90. The van der Waals surface area contributed by atoms with E-state index in [1.54, 1.807) is 39.9 Å². The zero-order valence-electron chi connectivity index (χ0n) is 16.7. The highest BCUT2D eigenvalue weighted by Gasteiger charge is 2.13. The lowest BCUT2D eigenvalue weighted by atomic mass is 10.2. The number of carbonyl (C=O) groups is 1. The maximum absolute atomic E-state index is 12.8. The first kappa shape index (κ1) is 20.4. The van der Waals surface area contributed by atoms with Crippen LogP contribution in [0.3, 0.4) is 0 Å². The minimum Gasteiger partial charge on any atom is -0.322 e. The van der Waals surface area contributed by atoms with E-state index in [1.807, 2.05) is 62.5 Å². The van der Waals surface area contributed by atoms with Gasteiger partial charge in [-0.25, -0.2) is 13.5 Å². The van der Waals surface area contributed by atoms with Gasteiger partial charge in [0.2, 0.25) is 0 Å². The van der Waals surface area contributed by atoms with E-state index in [4.69, 9.17) is 0 Å². The molecule has 5 nitrogen and oxygen atoms in total. The molecule has 30 heavy (non-hydrogen) atoms. The largest absolute Gasteiger partial charge is 0.322 e. The number of hydrogen-bond donors (Lipinski definition) is 1. The number of aryl methyl sites for hydroxylation is 1. The fourth-order valence-corrected chi connectivity index (χ4v) is 4.93. The lowest BCUT2D eigenvalue weighted by Crippen LogP contribution is -2.21. The summed E-state index contributed by atoms with van der Waals surface area (Å²) in [4.78, 5) is 17.7. The van der Waals surface area contributed by atoms with Gasteiger partial charge in [-0.05, 0) is 55.0 Å². The van der Waals surface area contributed by atoms with Crippen LogP contribution < -0.4 is 5.32 Å². The van der Waals surface area contributed by atoms with E-state index in [0.717, 1.165) is 20.8 Å². The highest BCUT2D eigenvalue weighted by Crippen LogP contribution is 2.25. The van der Waals surface area contributed by atoms with E-state index < -0.39 is 11.0 Å². The Balaban J connectivity index is 1.42. The fraction of sp³-hybridized carbons (Fsp3) is 0.130. The van der Waals surface area contributed by atoms with Crippen LogP contribution in [0, 0.1) is 6.92 Å². The van der Waals surface area contributed by atoms with Crippen molar-refractivity contribution in [2.24, 2.45) is 0 Å². The Bertz CT molecular complexity index is 1200. The summed E-state index contributed by atoms with van der Waals surface area (Å²) in [6.07, 6.45) is 0. The summed E-state index contributed by atoms with van der Waals surface area (Å²) in [5.74, 6) is -0.212. The predicted molar refractivity (Wildman–Crippen MR) is 123 cm³/mol. The van der Waals surface area contributed by atoms with Crippen LogP contribution in [0.15, 0.2) is 77.7 Å². The monoisotopic (exact) mass is 435 g/mol. The second kappa shape index (κ2) is 8.87. The Morgan fingerprint density at radius 1 is 1.07 bits per heavy atom. The number of carbonyl (C=O) groups excluding carboxylic acids is 1. The molecule has 1 atom stereocenters. The lowest BCUT2D eigenvalue weighted by Gasteiger charge is -2.16. The van der Waals surface area contributed by atoms with Crippen LogP contribution in [-0.2, 0) is 17.5 Å². The second-order valence-corrected chi connectivity index (χ2v) is 9.74. The molecule has 1 aromatic heterocycles. The van der Waals surface area contributed by atoms with Gasteiger partial charge in [-0.1, -0.05) is 30.3 Å². The molecule has 152 valence electrons. The molecule has 3 aromatic carbocycles. The van der Waals surface area contributed by atoms with Gasteiger partial charge in [0, 0.05) is 24.8 Å². The summed E-state index contributed by atoms with van der Waals surface area (Å²) < 4.78 is 15.6. The van der Waals surface area contributed by atoms with Crippen molar-refractivity contribution in [1.29, 1.82) is 0 Å². The maximum atomic E-state index is 12.8. The van der Waals surface area contributed by atoms with Gasteiger partial charge in [-0.15, -0.1) is 11.3 Å². The number of nitrogens with one attached hydrogen (secondary N) is 1. The molecule has 0 fully saturated rings. The van der Waals surface area contributed by atoms with E-state index in [0.29, 0.717) is 22.7 Å². The number of benzene rings is 3. The fourth-order valence-electron chi connectivity index (χ4n) is 3.13. The van der Waals surface area contributed by atoms with Crippen molar-refractivity contribution in [2.75, 3.05) is 12.4 Å². The number of anilines is 1. The quantitative estimate of drug-likeness (QED) is 0.463. The van der Waals surface area contributed by atoms with Crippen LogP contribution in [0.5, 0.6) is 0 Å². The van der Waals surface area contributed by atoms with Crippen LogP contribution in [0.2, 0.25) is 0 Å². The molecule has 1 unspecified atom stereocenters. The summed E-state index contributed by atoms with van der Waals surface area (Å²) in [5.41, 5.74) is 3.18. The third-order valence-electron chi connectivity index (χ3n) is 4.60. The Morgan fingerprint density at radius 3 is 2.53 bits per heavy atom. The molecule has 7 heteroatoms. The standard InChI is InChI=1S/C23H21N3O2S2/c1-16-24-21-14-19(10-13-22(21)29-16)25-23(27)18-8-11-20(12-9-18)30(28)26(2)15-17-6-4-3-5-7-17/h3-14H,15H2,1-2H3,(H,25,27). The number of rotatable bonds is 6. The Hall–Kier alpha value is -2.87. The average Bonchev–Trinajstić information content (AvgIpc) is 3.13. The van der Waals surface area contributed by atoms with E-state index in [-0.39, 0.29) is 5.91 Å². The molecule has 0 bridgehead atoms. The molecule has 0 radical (unpaired) electrons. The molecule has 0 spiro atoms. The second-order valence-electron chi connectivity index (χ2n) is 6.91. The number of nitrogens with zero attached hydrogens (tertiary/aromatic N) is 2. The molecule has 4 aromatic rings. The molecule has 1 N–H and O–H groups in total. The molecular weight excluding hydrogens is 414 g/mol. The van der Waals surface area contributed by atoms with Gasteiger partial charge in [0.25, 0.3) is 5.91 Å². The SMILES string of the molecule is Cc1nc2cc(NC(=O)c3ccc(S(=O)N(C)Cc4ccccc4)cc3)ccc2s1. The zero-order chi connectivity index (χ0) is 21.1. The highest BCUT2D eigenvalue weighted by atomic mass is 32.2. The van der Waals surface area contributed by atoms with E-state index in [1.165, 1.54) is 0 Å². The zero-order valence-corrected chi connectivity index (χ0v) is 18.3. The van der Waals surface area contributed by atoms with Crippen molar-refractivity contribution >= 4 is 44.1 Å². The lowest BCUT2D eigenvalue weighted by molar-refractivity contribution is 0.102. The molecule has 0 aliphatic heterocycles. The number of fused-ring (bicyclic) bond motifs is 1. The third kappa shape index (κ3) is 4.64. The number of amides is 1. The van der Waals surface area contributed by atoms with Crippen molar-refractivity contribution in [3.05, 3.63) is 88.9 Å². The van der Waals surface area contributed by atoms with Crippen molar-refractivity contribution in [3.63, 3.8) is 0 Å². The predicted octanol–water partition coefficient (Wildman–Crippen LogP) is 5.01. The molecule has 1 amide bonds. The van der Waals surface area contributed by atoms with E-state index >= 15 is 0 Å². The van der Waals surface area contributed by atoms with Crippen LogP contribution >= 0.6 is 11.3 Å². The van der Waals surface area contributed by atoms with Crippen LogP contribution in [0.1, 0.15) is 20.9 Å². The van der Waals surface area contributed by atoms with Gasteiger partial charge in [0.15, 0.2) is 0 Å². The molecule has 0 aliphatic carbocycles. The molecule has 0 saturated carbocycles. The molecule has 0 aliphatic rings. The van der Waals surface area contributed by atoms with Gasteiger partial charge >= 0.3 is 0 Å². The van der Waals surface area contributed by atoms with Crippen molar-refractivity contribution in [1.82, 2.24) is 9.29 Å². The first-order valence-electron chi connectivity index (χ1n) is 9.45. The molecule has 4 rings (SSSR count). The van der Waals surface area contributed by atoms with Crippen molar-refractivity contribution in [2.45, 2.75) is 18.4 Å². The van der Waals surface area contributed by atoms with E-state index in [9.17, 15) is 9.00 Å². The topological polar surface area (TPSA) is 62.3 Å². The van der Waals surface area contributed by atoms with Gasteiger partial charge in [0.1, 0.15) is 11.0 Å². The minimum atomic E-state index is -1.31. The number of aromatic nitrogens is 1. The molecular formula is C23H21N3O2S2. The van der Waals surface area contributed by atoms with Gasteiger partial charge < -0.3 is 5.32 Å². The Labute approximate surface area is 182 Å². The van der Waals surface area contributed by atoms with E-state index in [2.05, 4.69) is 10.3 Å². The minimum absolute atomic E-state index is 0.212. The normalized spacial score (nSPS) is 12.2. The molecule has 0 saturated heterocycles. The Kier molecular flexibility index (Phi) is 6.03. The first-order valence-corrected chi connectivity index (χ1v) is 11.4. The van der Waals surface area contributed by atoms with Gasteiger partial charge in [-0.3, -0.25) is 4.79 Å². The maximum Gasteiger partial charge on any atom is 0.255 e. The smallest absolute Gasteiger partial charge is 0.255 e. The average molecular weight is 436 g/mol. The molecule has 1 heterocycles. The third-order valence-corrected chi connectivity index (χ3v) is 6.92. The summed E-state index contributed by atoms with van der Waals surface area (Å²) >= 11 is 1.63. The van der Waals surface area contributed by atoms with Crippen molar-refractivity contribution < 1.29 is 9.00 Å². The first-order chi connectivity index (χ1) is 14.5. The van der Waals surface area contributed by atoms with Crippen LogP contribution in [-0.4, -0.2) is 26.5 Å². The van der Waals surface area contributed by atoms with Gasteiger partial charge in [0.05, 0.1) is 20.1 Å². The number of hydrogen-bond acceptors (Lipinski definition) is 4. The summed E-state index contributed by atoms with van der Waals surface area (Å²) in [6, 6.07) is 22.5. The Morgan fingerprint density at radius 2 is 1.80 bits per heavy atom. The van der Waals surface area contributed by atoms with Crippen LogP contribution in [0.25, 0.3) is 10.2 Å². The number of thiazole rings is 1. The highest BCUT2D eigenvalue weighted by molar-refractivity contribution is 7.82. The summed E-state index contributed by atoms with van der Waals surface area (Å²) in [6.45, 7) is 2.54. The van der Waals surface area contributed by atoms with Crippen LogP contribution in [0.4, 0.5) is 5.69 Å². The summed E-state index contributed by atoms with van der Waals surface area (Å²) in [7, 11) is 0.513. The van der Waals surface area contributed by atoms with Gasteiger partial charge in [-0.2, -0.15) is 0 Å². The van der Waals surface area contributed by atoms with Crippen molar-refractivity contribution in [3.8, 4) is 0 Å².